The first-order chi connectivity index (χ1) is 11.5. The third kappa shape index (κ3) is 4.43. The highest BCUT2D eigenvalue weighted by Gasteiger charge is 2.36. The Morgan fingerprint density at radius 3 is 2.12 bits per heavy atom. The second-order valence-electron chi connectivity index (χ2n) is 4.93. The number of hydrogen-bond donors (Lipinski definition) is 1. The first-order valence-corrected chi connectivity index (χ1v) is 6.72. The van der Waals surface area contributed by atoms with Crippen molar-refractivity contribution < 1.29 is 41.0 Å². The highest BCUT2D eigenvalue weighted by atomic mass is 19.4. The summed E-state index contributed by atoms with van der Waals surface area (Å²) < 4.78 is 83.0. The van der Waals surface area contributed by atoms with Gasteiger partial charge < -0.3 is 9.84 Å². The molecule has 0 unspecified atom stereocenters. The van der Waals surface area contributed by atoms with Crippen molar-refractivity contribution in [1.82, 2.24) is 0 Å². The summed E-state index contributed by atoms with van der Waals surface area (Å²) in [6, 6.07) is 5.94. The average Bonchev–Trinajstić information content (AvgIpc) is 2.51. The van der Waals surface area contributed by atoms with Gasteiger partial charge in [-0.15, -0.1) is 0 Å². The molecule has 3 nitrogen and oxygen atoms in total. The van der Waals surface area contributed by atoms with Crippen molar-refractivity contribution in [2.24, 2.45) is 0 Å². The van der Waals surface area contributed by atoms with E-state index in [9.17, 15) is 31.1 Å². The molecule has 134 valence electrons. The standard InChI is InChI=1S/C16H10F6O3/c17-15(18,19)9-5-6-13(25-8-14(23)24)11(7-9)10-3-1-2-4-12(10)16(20,21)22/h1-7H,8H2,(H,23,24). The number of carbonyl (C=O) groups is 1. The molecule has 2 aromatic rings. The molecular weight excluding hydrogens is 354 g/mol. The largest absolute Gasteiger partial charge is 0.481 e. The van der Waals surface area contributed by atoms with Crippen LogP contribution in [0.3, 0.4) is 0 Å². The molecule has 0 aliphatic rings. The van der Waals surface area contributed by atoms with E-state index in [1.54, 1.807) is 0 Å². The van der Waals surface area contributed by atoms with E-state index in [4.69, 9.17) is 9.84 Å². The van der Waals surface area contributed by atoms with E-state index < -0.39 is 52.9 Å². The van der Waals surface area contributed by atoms with Crippen LogP contribution in [0.4, 0.5) is 26.3 Å². The number of rotatable bonds is 4. The summed E-state index contributed by atoms with van der Waals surface area (Å²) >= 11 is 0. The van der Waals surface area contributed by atoms with Crippen LogP contribution in [0.1, 0.15) is 11.1 Å². The van der Waals surface area contributed by atoms with Crippen molar-refractivity contribution in [2.75, 3.05) is 6.61 Å². The van der Waals surface area contributed by atoms with Crippen molar-refractivity contribution in [1.29, 1.82) is 0 Å². The Morgan fingerprint density at radius 2 is 1.56 bits per heavy atom. The van der Waals surface area contributed by atoms with Gasteiger partial charge in [0.25, 0.3) is 0 Å². The zero-order chi connectivity index (χ0) is 18.8. The van der Waals surface area contributed by atoms with E-state index in [-0.39, 0.29) is 0 Å². The predicted molar refractivity (Wildman–Crippen MR) is 75.0 cm³/mol. The first-order valence-electron chi connectivity index (χ1n) is 6.72. The highest BCUT2D eigenvalue weighted by molar-refractivity contribution is 5.76. The number of hydrogen-bond acceptors (Lipinski definition) is 2. The number of ether oxygens (including phenoxy) is 1. The van der Waals surface area contributed by atoms with Gasteiger partial charge >= 0.3 is 18.3 Å². The van der Waals surface area contributed by atoms with Gasteiger partial charge in [0, 0.05) is 5.56 Å². The number of alkyl halides is 6. The molecule has 0 amide bonds. The minimum Gasteiger partial charge on any atom is -0.481 e. The maximum absolute atomic E-state index is 13.2. The normalized spacial score (nSPS) is 12.1. The minimum absolute atomic E-state index is 0.396. The van der Waals surface area contributed by atoms with Crippen LogP contribution in [0.25, 0.3) is 11.1 Å². The molecule has 0 saturated heterocycles. The van der Waals surface area contributed by atoms with Gasteiger partial charge in [-0.05, 0) is 29.8 Å². The fraction of sp³-hybridized carbons (Fsp3) is 0.188. The van der Waals surface area contributed by atoms with Crippen molar-refractivity contribution in [3.05, 3.63) is 53.6 Å². The second-order valence-corrected chi connectivity index (χ2v) is 4.93. The molecule has 0 atom stereocenters. The molecular formula is C16H10F6O3. The summed E-state index contributed by atoms with van der Waals surface area (Å²) in [5, 5.41) is 8.62. The van der Waals surface area contributed by atoms with Gasteiger partial charge in [0.1, 0.15) is 5.75 Å². The molecule has 0 aliphatic heterocycles. The Labute approximate surface area is 137 Å². The van der Waals surface area contributed by atoms with Gasteiger partial charge in [-0.3, -0.25) is 0 Å². The molecule has 0 fully saturated rings. The average molecular weight is 364 g/mol. The number of benzene rings is 2. The molecule has 0 aromatic heterocycles. The van der Waals surface area contributed by atoms with Gasteiger partial charge in [0.15, 0.2) is 6.61 Å². The van der Waals surface area contributed by atoms with Crippen LogP contribution in [0.5, 0.6) is 5.75 Å². The molecule has 0 bridgehead atoms. The van der Waals surface area contributed by atoms with E-state index in [0.717, 1.165) is 24.3 Å². The summed E-state index contributed by atoms with van der Waals surface area (Å²) in [6.07, 6.45) is -9.60. The van der Waals surface area contributed by atoms with Crippen LogP contribution in [-0.4, -0.2) is 17.7 Å². The topological polar surface area (TPSA) is 46.5 Å². The molecule has 0 heterocycles. The fourth-order valence-electron chi connectivity index (χ4n) is 2.15. The summed E-state index contributed by atoms with van der Waals surface area (Å²) in [5.41, 5.74) is -3.37. The zero-order valence-electron chi connectivity index (χ0n) is 12.3. The van der Waals surface area contributed by atoms with Crippen LogP contribution >= 0.6 is 0 Å². The van der Waals surface area contributed by atoms with Crippen molar-refractivity contribution in [2.45, 2.75) is 12.4 Å². The molecule has 2 rings (SSSR count). The van der Waals surface area contributed by atoms with E-state index in [1.807, 2.05) is 0 Å². The van der Waals surface area contributed by atoms with E-state index in [0.29, 0.717) is 12.1 Å². The van der Waals surface area contributed by atoms with Crippen LogP contribution in [-0.2, 0) is 17.1 Å². The number of carboxylic acid groups (broad SMARTS) is 1. The lowest BCUT2D eigenvalue weighted by Crippen LogP contribution is -2.12. The van der Waals surface area contributed by atoms with Gasteiger partial charge in [0.05, 0.1) is 11.1 Å². The second kappa shape index (κ2) is 6.66. The maximum atomic E-state index is 13.2. The molecule has 2 aromatic carbocycles. The SMILES string of the molecule is O=C(O)COc1ccc(C(F)(F)F)cc1-c1ccccc1C(F)(F)F. The lowest BCUT2D eigenvalue weighted by atomic mass is 9.96. The van der Waals surface area contributed by atoms with E-state index in [1.165, 1.54) is 6.07 Å². The fourth-order valence-corrected chi connectivity index (χ4v) is 2.15. The van der Waals surface area contributed by atoms with Gasteiger partial charge in [-0.25, -0.2) is 4.79 Å². The van der Waals surface area contributed by atoms with Crippen LogP contribution < -0.4 is 4.74 Å². The summed E-state index contributed by atoms with van der Waals surface area (Å²) in [7, 11) is 0. The third-order valence-corrected chi connectivity index (χ3v) is 3.18. The van der Waals surface area contributed by atoms with Gasteiger partial charge in [0.2, 0.25) is 0 Å². The lowest BCUT2D eigenvalue weighted by molar-refractivity contribution is -0.140. The quantitative estimate of drug-likeness (QED) is 0.789. The van der Waals surface area contributed by atoms with Gasteiger partial charge in [-0.2, -0.15) is 26.3 Å². The Kier molecular flexibility index (Phi) is 4.96. The molecule has 0 saturated carbocycles. The Balaban J connectivity index is 2.67. The number of aliphatic carboxylic acids is 1. The smallest absolute Gasteiger partial charge is 0.417 e. The predicted octanol–water partition coefficient (Wildman–Crippen LogP) is 4.85. The van der Waals surface area contributed by atoms with Crippen LogP contribution in [0.15, 0.2) is 42.5 Å². The van der Waals surface area contributed by atoms with E-state index >= 15 is 0 Å². The summed E-state index contributed by atoms with van der Waals surface area (Å²) in [4.78, 5) is 10.6. The Bertz CT molecular complexity index is 780. The van der Waals surface area contributed by atoms with Crippen molar-refractivity contribution in [3.8, 4) is 16.9 Å². The van der Waals surface area contributed by atoms with Gasteiger partial charge in [-0.1, -0.05) is 18.2 Å². The molecule has 0 aliphatic carbocycles. The Hall–Kier alpha value is -2.71. The molecule has 0 radical (unpaired) electrons. The third-order valence-electron chi connectivity index (χ3n) is 3.18. The van der Waals surface area contributed by atoms with Crippen molar-refractivity contribution in [3.63, 3.8) is 0 Å². The lowest BCUT2D eigenvalue weighted by Gasteiger charge is -2.17. The summed E-state index contributed by atoms with van der Waals surface area (Å²) in [6.45, 7) is -0.910. The number of halogens is 6. The molecule has 1 N–H and O–H groups in total. The highest BCUT2D eigenvalue weighted by Crippen LogP contribution is 2.42. The minimum atomic E-state index is -4.81. The zero-order valence-corrected chi connectivity index (χ0v) is 12.3. The first kappa shape index (κ1) is 18.6. The Morgan fingerprint density at radius 1 is 0.920 bits per heavy atom. The monoisotopic (exact) mass is 364 g/mol. The van der Waals surface area contributed by atoms with Crippen molar-refractivity contribution >= 4 is 5.97 Å². The molecule has 25 heavy (non-hydrogen) atoms. The van der Waals surface area contributed by atoms with E-state index in [2.05, 4.69) is 0 Å². The van der Waals surface area contributed by atoms with Crippen LogP contribution in [0.2, 0.25) is 0 Å². The number of carboxylic acids is 1. The maximum Gasteiger partial charge on any atom is 0.417 e. The molecule has 0 spiro atoms. The summed E-state index contributed by atoms with van der Waals surface area (Å²) in [5.74, 6) is -1.82. The molecule has 9 heteroatoms. The van der Waals surface area contributed by atoms with Crippen LogP contribution in [0, 0.1) is 0 Å².